The zero-order valence-corrected chi connectivity index (χ0v) is 17.5. The van der Waals surface area contributed by atoms with Crippen LogP contribution in [-0.4, -0.2) is 43.1 Å². The van der Waals surface area contributed by atoms with Crippen molar-refractivity contribution in [3.63, 3.8) is 0 Å². The van der Waals surface area contributed by atoms with Gasteiger partial charge in [0.05, 0.1) is 16.6 Å². The molecule has 1 aliphatic heterocycles. The average molecular weight is 469 g/mol. The number of hydrogen-bond acceptors (Lipinski definition) is 8. The molecule has 2 unspecified atom stereocenters. The largest absolute Gasteiger partial charge is 0.510 e. The van der Waals surface area contributed by atoms with E-state index in [0.717, 1.165) is 33.7 Å². The Kier molecular flexibility index (Phi) is 5.06. The van der Waals surface area contributed by atoms with Crippen molar-refractivity contribution in [3.05, 3.63) is 65.3 Å². The summed E-state index contributed by atoms with van der Waals surface area (Å²) in [5.74, 6) is -0.130. The van der Waals surface area contributed by atoms with Gasteiger partial charge in [-0.25, -0.2) is 0 Å². The molecule has 0 bridgehead atoms. The molecule has 1 heterocycles. The van der Waals surface area contributed by atoms with Crippen molar-refractivity contribution in [1.82, 2.24) is 0 Å². The van der Waals surface area contributed by atoms with E-state index < -0.39 is 36.1 Å². The second-order valence-electron chi connectivity index (χ2n) is 6.61. The van der Waals surface area contributed by atoms with Crippen molar-refractivity contribution < 1.29 is 31.0 Å². The summed E-state index contributed by atoms with van der Waals surface area (Å²) in [4.78, 5) is 0.650. The van der Waals surface area contributed by atoms with Gasteiger partial charge in [-0.05, 0) is 42.5 Å². The van der Waals surface area contributed by atoms with Gasteiger partial charge in [0, 0.05) is 15.5 Å². The second kappa shape index (κ2) is 7.32. The number of nitrogens with one attached hydrogen (secondary N) is 2. The topological polar surface area (TPSA) is 153 Å². The predicted octanol–water partition coefficient (Wildman–Crippen LogP) is 2.89. The maximum Gasteiger partial charge on any atom is 0.296 e. The molecule has 30 heavy (non-hydrogen) atoms. The van der Waals surface area contributed by atoms with Gasteiger partial charge in [-0.1, -0.05) is 23.9 Å². The molecule has 2 aromatic carbocycles. The Labute approximate surface area is 177 Å². The summed E-state index contributed by atoms with van der Waals surface area (Å²) >= 11 is 1.47. The predicted molar refractivity (Wildman–Crippen MR) is 112 cm³/mol. The standard InChI is InChI=1S/C18H16N2O7S3/c21-15-8-13-17(28-16-4-2-1-3-11(16)19-13)9-12(15)20-14-7-10(29(22,23)24)5-6-18(14)30(25,26)27/h1-9,12-13,19-21H,(H,22,23,24)(H,25,26,27). The van der Waals surface area contributed by atoms with Crippen LogP contribution in [0.4, 0.5) is 11.4 Å². The summed E-state index contributed by atoms with van der Waals surface area (Å²) < 4.78 is 65.0. The minimum Gasteiger partial charge on any atom is -0.510 e. The first-order valence-corrected chi connectivity index (χ1v) is 12.2. The third kappa shape index (κ3) is 4.04. The molecule has 4 rings (SSSR count). The van der Waals surface area contributed by atoms with Gasteiger partial charge in [-0.2, -0.15) is 16.8 Å². The van der Waals surface area contributed by atoms with E-state index >= 15 is 0 Å². The zero-order chi connectivity index (χ0) is 21.7. The molecule has 12 heteroatoms. The Bertz CT molecular complexity index is 1300. The third-order valence-corrected chi connectivity index (χ3v) is 7.52. The molecule has 0 amide bonds. The van der Waals surface area contributed by atoms with E-state index in [1.807, 2.05) is 24.3 Å². The first-order valence-electron chi connectivity index (χ1n) is 8.54. The van der Waals surface area contributed by atoms with Crippen LogP contribution >= 0.6 is 11.8 Å². The quantitative estimate of drug-likeness (QED) is 0.423. The third-order valence-electron chi connectivity index (χ3n) is 4.56. The van der Waals surface area contributed by atoms with Crippen LogP contribution in [-0.2, 0) is 20.2 Å². The van der Waals surface area contributed by atoms with E-state index in [0.29, 0.717) is 0 Å². The molecule has 0 saturated carbocycles. The summed E-state index contributed by atoms with van der Waals surface area (Å²) in [6, 6.07) is 9.01. The lowest BCUT2D eigenvalue weighted by Gasteiger charge is -2.32. The highest BCUT2D eigenvalue weighted by Crippen LogP contribution is 2.43. The first-order chi connectivity index (χ1) is 14.0. The first kappa shape index (κ1) is 20.8. The molecule has 5 N–H and O–H groups in total. The number of hydrogen-bond donors (Lipinski definition) is 5. The van der Waals surface area contributed by atoms with Crippen molar-refractivity contribution in [2.75, 3.05) is 10.6 Å². The van der Waals surface area contributed by atoms with Gasteiger partial charge < -0.3 is 15.7 Å². The summed E-state index contributed by atoms with van der Waals surface area (Å²) in [7, 11) is -9.32. The van der Waals surface area contributed by atoms with Gasteiger partial charge in [0.2, 0.25) is 0 Å². The van der Waals surface area contributed by atoms with Crippen molar-refractivity contribution in [2.45, 2.75) is 26.8 Å². The Morgan fingerprint density at radius 3 is 2.40 bits per heavy atom. The molecule has 0 aromatic heterocycles. The summed E-state index contributed by atoms with van der Waals surface area (Å²) in [5.41, 5.74) is 0.622. The molecule has 0 spiro atoms. The fourth-order valence-corrected chi connectivity index (χ4v) is 5.42. The van der Waals surface area contributed by atoms with Crippen LogP contribution in [0.25, 0.3) is 0 Å². The lowest BCUT2D eigenvalue weighted by Crippen LogP contribution is -2.32. The van der Waals surface area contributed by atoms with E-state index in [1.54, 1.807) is 12.2 Å². The molecule has 1 aliphatic carbocycles. The summed E-state index contributed by atoms with van der Waals surface area (Å²) in [6.45, 7) is 0. The lowest BCUT2D eigenvalue weighted by atomic mass is 10.0. The van der Waals surface area contributed by atoms with Crippen LogP contribution in [0.1, 0.15) is 0 Å². The monoisotopic (exact) mass is 468 g/mol. The maximum absolute atomic E-state index is 11.7. The van der Waals surface area contributed by atoms with E-state index in [9.17, 15) is 31.0 Å². The molecule has 9 nitrogen and oxygen atoms in total. The van der Waals surface area contributed by atoms with Gasteiger partial charge in [-0.15, -0.1) is 0 Å². The number of thioether (sulfide) groups is 1. The normalized spacial score (nSPS) is 20.9. The smallest absolute Gasteiger partial charge is 0.296 e. The molecule has 0 fully saturated rings. The van der Waals surface area contributed by atoms with Gasteiger partial charge in [-0.3, -0.25) is 9.11 Å². The van der Waals surface area contributed by atoms with Gasteiger partial charge in [0.15, 0.2) is 0 Å². The minimum atomic E-state index is -4.71. The zero-order valence-electron chi connectivity index (χ0n) is 15.1. The Morgan fingerprint density at radius 2 is 1.70 bits per heavy atom. The fraction of sp³-hybridized carbons (Fsp3) is 0.111. The van der Waals surface area contributed by atoms with E-state index in [1.165, 1.54) is 11.8 Å². The molecule has 0 radical (unpaired) electrons. The molecule has 0 saturated heterocycles. The Hall–Kier alpha value is -2.51. The lowest BCUT2D eigenvalue weighted by molar-refractivity contribution is 0.384. The summed E-state index contributed by atoms with van der Waals surface area (Å²) in [5, 5.41) is 16.5. The Morgan fingerprint density at radius 1 is 0.967 bits per heavy atom. The van der Waals surface area contributed by atoms with Gasteiger partial charge in [0.25, 0.3) is 20.2 Å². The van der Waals surface area contributed by atoms with Crippen LogP contribution < -0.4 is 10.6 Å². The van der Waals surface area contributed by atoms with Crippen LogP contribution in [0.2, 0.25) is 0 Å². The molecular weight excluding hydrogens is 452 g/mol. The van der Waals surface area contributed by atoms with Crippen molar-refractivity contribution in [3.8, 4) is 0 Å². The number of aliphatic hydroxyl groups excluding tert-OH is 1. The SMILES string of the molecule is O=S(=O)(O)c1ccc(S(=O)(=O)O)c(NC2C=C3Sc4ccccc4NC3C=C2O)c1. The van der Waals surface area contributed by atoms with Crippen molar-refractivity contribution in [1.29, 1.82) is 0 Å². The van der Waals surface area contributed by atoms with E-state index in [-0.39, 0.29) is 17.5 Å². The highest BCUT2D eigenvalue weighted by atomic mass is 32.2. The second-order valence-corrected chi connectivity index (χ2v) is 10.5. The highest BCUT2D eigenvalue weighted by molar-refractivity contribution is 8.03. The number of rotatable bonds is 4. The summed E-state index contributed by atoms with van der Waals surface area (Å²) in [6.07, 6.45) is 3.22. The molecule has 2 aromatic rings. The van der Waals surface area contributed by atoms with Crippen molar-refractivity contribution >= 4 is 43.4 Å². The fourth-order valence-electron chi connectivity index (χ4n) is 3.18. The average Bonchev–Trinajstić information content (AvgIpc) is 2.65. The highest BCUT2D eigenvalue weighted by Gasteiger charge is 2.30. The van der Waals surface area contributed by atoms with Crippen LogP contribution in [0.15, 0.2) is 80.0 Å². The number of fused-ring (bicyclic) bond motifs is 2. The number of aliphatic hydroxyl groups is 1. The molecule has 2 atom stereocenters. The maximum atomic E-state index is 11.7. The van der Waals surface area contributed by atoms with Crippen LogP contribution in [0.5, 0.6) is 0 Å². The molecule has 2 aliphatic rings. The van der Waals surface area contributed by atoms with E-state index in [2.05, 4.69) is 10.6 Å². The van der Waals surface area contributed by atoms with E-state index in [4.69, 9.17) is 0 Å². The molecule has 158 valence electrons. The Balaban J connectivity index is 1.72. The number of para-hydroxylation sites is 1. The minimum absolute atomic E-state index is 0.130. The van der Waals surface area contributed by atoms with Crippen LogP contribution in [0, 0.1) is 0 Å². The van der Waals surface area contributed by atoms with Gasteiger partial charge in [0.1, 0.15) is 16.7 Å². The van der Waals surface area contributed by atoms with Gasteiger partial charge >= 0.3 is 0 Å². The number of anilines is 2. The van der Waals surface area contributed by atoms with Crippen LogP contribution in [0.3, 0.4) is 0 Å². The number of benzene rings is 2. The molecular formula is C18H16N2O7S3. The van der Waals surface area contributed by atoms with Crippen molar-refractivity contribution in [2.24, 2.45) is 0 Å².